The second-order valence-corrected chi connectivity index (χ2v) is 5.87. The Morgan fingerprint density at radius 1 is 0.800 bits per heavy atom. The summed E-state index contributed by atoms with van der Waals surface area (Å²) in [5.41, 5.74) is 0. The summed E-state index contributed by atoms with van der Waals surface area (Å²) in [4.78, 5) is 0. The van der Waals surface area contributed by atoms with E-state index in [4.69, 9.17) is 0 Å². The van der Waals surface area contributed by atoms with E-state index < -0.39 is 0 Å². The molecule has 0 bridgehead atoms. The van der Waals surface area contributed by atoms with Crippen molar-refractivity contribution in [1.29, 1.82) is 0 Å². The molecule has 0 aliphatic rings. The Balaban J connectivity index is 4.06. The van der Waals surface area contributed by atoms with E-state index in [2.05, 4.69) is 41.5 Å². The highest BCUT2D eigenvalue weighted by molar-refractivity contribution is 4.69. The van der Waals surface area contributed by atoms with Crippen LogP contribution in [0.1, 0.15) is 73.6 Å². The molecule has 0 amide bonds. The van der Waals surface area contributed by atoms with Gasteiger partial charge in [0.05, 0.1) is 0 Å². The van der Waals surface area contributed by atoms with Gasteiger partial charge in [0.2, 0.25) is 0 Å². The van der Waals surface area contributed by atoms with Crippen LogP contribution in [-0.2, 0) is 0 Å². The second-order valence-electron chi connectivity index (χ2n) is 5.87. The van der Waals surface area contributed by atoms with Gasteiger partial charge in [-0.1, -0.05) is 60.8 Å². The Morgan fingerprint density at radius 2 is 1.40 bits per heavy atom. The first kappa shape index (κ1) is 15.0. The van der Waals surface area contributed by atoms with Crippen molar-refractivity contribution in [2.24, 2.45) is 23.7 Å². The van der Waals surface area contributed by atoms with Gasteiger partial charge in [-0.25, -0.2) is 0 Å². The Labute approximate surface area is 97.8 Å². The summed E-state index contributed by atoms with van der Waals surface area (Å²) in [5, 5.41) is 0. The van der Waals surface area contributed by atoms with Crippen LogP contribution in [0.25, 0.3) is 0 Å². The van der Waals surface area contributed by atoms with Gasteiger partial charge in [-0.3, -0.25) is 0 Å². The van der Waals surface area contributed by atoms with E-state index in [1.807, 2.05) is 0 Å². The van der Waals surface area contributed by atoms with Gasteiger partial charge in [-0.2, -0.15) is 0 Å². The molecule has 0 nitrogen and oxygen atoms in total. The second kappa shape index (κ2) is 8.19. The molecular formula is C15H32. The number of hydrogen-bond donors (Lipinski definition) is 0. The quantitative estimate of drug-likeness (QED) is 0.497. The van der Waals surface area contributed by atoms with Crippen LogP contribution in [0.4, 0.5) is 0 Å². The maximum absolute atomic E-state index is 2.44. The molecule has 0 aromatic heterocycles. The van der Waals surface area contributed by atoms with E-state index in [0.717, 1.165) is 23.7 Å². The molecule has 0 heterocycles. The van der Waals surface area contributed by atoms with E-state index in [1.54, 1.807) is 0 Å². The van der Waals surface area contributed by atoms with E-state index in [1.165, 1.54) is 32.1 Å². The van der Waals surface area contributed by atoms with Crippen molar-refractivity contribution in [2.45, 2.75) is 73.6 Å². The van der Waals surface area contributed by atoms with E-state index in [-0.39, 0.29) is 0 Å². The van der Waals surface area contributed by atoms with Crippen LogP contribution in [0.5, 0.6) is 0 Å². The van der Waals surface area contributed by atoms with Crippen LogP contribution >= 0.6 is 0 Å². The highest BCUT2D eigenvalue weighted by atomic mass is 14.2. The van der Waals surface area contributed by atoms with Crippen LogP contribution < -0.4 is 0 Å². The average molecular weight is 212 g/mol. The van der Waals surface area contributed by atoms with Gasteiger partial charge in [-0.15, -0.1) is 0 Å². The van der Waals surface area contributed by atoms with Gasteiger partial charge in [0.25, 0.3) is 0 Å². The molecule has 0 aromatic rings. The summed E-state index contributed by atoms with van der Waals surface area (Å²) in [6, 6.07) is 0. The molecule has 92 valence electrons. The molecule has 0 saturated carbocycles. The zero-order valence-corrected chi connectivity index (χ0v) is 11.8. The average Bonchev–Trinajstić information content (AvgIpc) is 2.22. The zero-order valence-electron chi connectivity index (χ0n) is 11.8. The van der Waals surface area contributed by atoms with E-state index >= 15 is 0 Å². The lowest BCUT2D eigenvalue weighted by molar-refractivity contribution is 0.250. The Morgan fingerprint density at radius 3 is 1.80 bits per heavy atom. The zero-order chi connectivity index (χ0) is 11.8. The number of rotatable bonds is 8. The SMILES string of the molecule is CCC(C)CC(CCC(C)C)C(C)CC. The summed E-state index contributed by atoms with van der Waals surface area (Å²) in [6.07, 6.45) is 6.98. The van der Waals surface area contributed by atoms with Crippen LogP contribution in [0.15, 0.2) is 0 Å². The third-order valence-corrected chi connectivity index (χ3v) is 3.97. The van der Waals surface area contributed by atoms with Gasteiger partial charge in [0.1, 0.15) is 0 Å². The fraction of sp³-hybridized carbons (Fsp3) is 1.00. The molecule has 0 aromatic carbocycles. The van der Waals surface area contributed by atoms with Crippen molar-refractivity contribution in [2.75, 3.05) is 0 Å². The monoisotopic (exact) mass is 212 g/mol. The highest BCUT2D eigenvalue weighted by Gasteiger charge is 2.18. The fourth-order valence-corrected chi connectivity index (χ4v) is 2.20. The Bertz CT molecular complexity index is 137. The van der Waals surface area contributed by atoms with Crippen molar-refractivity contribution in [1.82, 2.24) is 0 Å². The lowest BCUT2D eigenvalue weighted by atomic mass is 9.80. The molecule has 0 saturated heterocycles. The number of hydrogen-bond acceptors (Lipinski definition) is 0. The topological polar surface area (TPSA) is 0 Å². The first-order chi connectivity index (χ1) is 7.01. The standard InChI is InChI=1S/C15H32/c1-7-13(5)11-15(14(6)8-2)10-9-12(3)4/h12-15H,7-11H2,1-6H3. The first-order valence-electron chi connectivity index (χ1n) is 7.01. The Kier molecular flexibility index (Phi) is 8.19. The van der Waals surface area contributed by atoms with Crippen molar-refractivity contribution in [3.8, 4) is 0 Å². The van der Waals surface area contributed by atoms with Gasteiger partial charge < -0.3 is 0 Å². The molecule has 3 unspecified atom stereocenters. The third kappa shape index (κ3) is 6.98. The lowest BCUT2D eigenvalue weighted by Crippen LogP contribution is -2.15. The summed E-state index contributed by atoms with van der Waals surface area (Å²) in [7, 11) is 0. The van der Waals surface area contributed by atoms with Crippen LogP contribution in [0.2, 0.25) is 0 Å². The van der Waals surface area contributed by atoms with E-state index in [9.17, 15) is 0 Å². The summed E-state index contributed by atoms with van der Waals surface area (Å²) in [5.74, 6) is 3.66. The normalized spacial score (nSPS) is 17.8. The minimum atomic E-state index is 0.869. The van der Waals surface area contributed by atoms with Gasteiger partial charge >= 0.3 is 0 Å². The molecular weight excluding hydrogens is 180 g/mol. The van der Waals surface area contributed by atoms with Crippen LogP contribution in [0.3, 0.4) is 0 Å². The van der Waals surface area contributed by atoms with Gasteiger partial charge in [-0.05, 0) is 36.5 Å². The van der Waals surface area contributed by atoms with Crippen molar-refractivity contribution in [3.63, 3.8) is 0 Å². The third-order valence-electron chi connectivity index (χ3n) is 3.97. The summed E-state index contributed by atoms with van der Waals surface area (Å²) >= 11 is 0. The van der Waals surface area contributed by atoms with Gasteiger partial charge in [0, 0.05) is 0 Å². The predicted octanol–water partition coefficient (Wildman–Crippen LogP) is 5.52. The highest BCUT2D eigenvalue weighted by Crippen LogP contribution is 2.29. The molecule has 15 heavy (non-hydrogen) atoms. The van der Waals surface area contributed by atoms with E-state index in [0.29, 0.717) is 0 Å². The molecule has 0 fully saturated rings. The summed E-state index contributed by atoms with van der Waals surface area (Å²) in [6.45, 7) is 14.2. The fourth-order valence-electron chi connectivity index (χ4n) is 2.20. The lowest BCUT2D eigenvalue weighted by Gasteiger charge is -2.26. The Hall–Kier alpha value is 0. The minimum absolute atomic E-state index is 0.869. The minimum Gasteiger partial charge on any atom is -0.0651 e. The largest absolute Gasteiger partial charge is 0.0651 e. The maximum atomic E-state index is 2.44. The first-order valence-corrected chi connectivity index (χ1v) is 7.01. The van der Waals surface area contributed by atoms with Crippen molar-refractivity contribution >= 4 is 0 Å². The van der Waals surface area contributed by atoms with Crippen LogP contribution in [0, 0.1) is 23.7 Å². The molecule has 0 aliphatic carbocycles. The molecule has 0 spiro atoms. The molecule has 0 N–H and O–H groups in total. The molecule has 0 rings (SSSR count). The summed E-state index contributed by atoms with van der Waals surface area (Å²) < 4.78 is 0. The van der Waals surface area contributed by atoms with Crippen molar-refractivity contribution in [3.05, 3.63) is 0 Å². The van der Waals surface area contributed by atoms with Crippen molar-refractivity contribution < 1.29 is 0 Å². The smallest absolute Gasteiger partial charge is 0.0386 e. The predicted molar refractivity (Wildman–Crippen MR) is 71.1 cm³/mol. The molecule has 0 heteroatoms. The molecule has 3 atom stereocenters. The van der Waals surface area contributed by atoms with Gasteiger partial charge in [0.15, 0.2) is 0 Å². The maximum Gasteiger partial charge on any atom is -0.0386 e. The van der Waals surface area contributed by atoms with Crippen LogP contribution in [-0.4, -0.2) is 0 Å². The molecule has 0 aliphatic heterocycles. The molecule has 0 radical (unpaired) electrons.